The quantitative estimate of drug-likeness (QED) is 0.126. The molecule has 0 heterocycles. The van der Waals surface area contributed by atoms with Gasteiger partial charge in [0.25, 0.3) is 11.8 Å². The molecule has 8 heteroatoms. The second-order valence-electron chi connectivity index (χ2n) is 9.86. The molecule has 4 aromatic rings. The highest BCUT2D eigenvalue weighted by molar-refractivity contribution is 8.00. The largest absolute Gasteiger partial charge is 0.494 e. The number of carbonyl (C=O) groups is 3. The summed E-state index contributed by atoms with van der Waals surface area (Å²) in [6.45, 7) is 8.28. The van der Waals surface area contributed by atoms with Crippen molar-refractivity contribution in [2.75, 3.05) is 17.2 Å². The zero-order valence-corrected chi connectivity index (χ0v) is 25.5. The van der Waals surface area contributed by atoms with Crippen LogP contribution in [0.15, 0.2) is 108 Å². The van der Waals surface area contributed by atoms with E-state index in [1.165, 1.54) is 11.8 Å². The molecule has 0 saturated carbocycles. The minimum Gasteiger partial charge on any atom is -0.494 e. The molecule has 3 amide bonds. The van der Waals surface area contributed by atoms with Crippen LogP contribution in [-0.2, 0) is 9.59 Å². The lowest BCUT2D eigenvalue weighted by Gasteiger charge is -2.15. The van der Waals surface area contributed by atoms with Crippen LogP contribution in [0.1, 0.15) is 40.9 Å². The first kappa shape index (κ1) is 31.1. The van der Waals surface area contributed by atoms with Gasteiger partial charge in [0.1, 0.15) is 11.4 Å². The number of aryl methyl sites for hydroxylation is 1. The first-order chi connectivity index (χ1) is 20.7. The molecule has 220 valence electrons. The van der Waals surface area contributed by atoms with Crippen molar-refractivity contribution in [3.63, 3.8) is 0 Å². The molecule has 0 aliphatic rings. The molecule has 0 aliphatic carbocycles. The Labute approximate surface area is 256 Å². The van der Waals surface area contributed by atoms with Crippen molar-refractivity contribution in [2.45, 2.75) is 37.8 Å². The van der Waals surface area contributed by atoms with Gasteiger partial charge < -0.3 is 20.7 Å². The number of hydrogen-bond acceptors (Lipinski definition) is 5. The highest BCUT2D eigenvalue weighted by atomic mass is 32.2. The minimum absolute atomic E-state index is 0.0809. The molecule has 0 fully saturated rings. The Hall–Kier alpha value is -4.82. The Morgan fingerprint density at radius 3 is 2.30 bits per heavy atom. The Morgan fingerprint density at radius 1 is 0.860 bits per heavy atom. The fourth-order valence-electron chi connectivity index (χ4n) is 4.16. The zero-order valence-electron chi connectivity index (χ0n) is 24.6. The van der Waals surface area contributed by atoms with E-state index in [-0.39, 0.29) is 16.9 Å². The highest BCUT2D eigenvalue weighted by Gasteiger charge is 2.18. The van der Waals surface area contributed by atoms with Crippen molar-refractivity contribution in [1.29, 1.82) is 0 Å². The van der Waals surface area contributed by atoms with E-state index in [0.717, 1.165) is 27.3 Å². The van der Waals surface area contributed by atoms with Gasteiger partial charge in [0.05, 0.1) is 11.9 Å². The molecule has 43 heavy (non-hydrogen) atoms. The van der Waals surface area contributed by atoms with Gasteiger partial charge in [0.2, 0.25) is 5.91 Å². The number of hydrogen-bond donors (Lipinski definition) is 3. The number of carbonyl (C=O) groups excluding carboxylic acids is 3. The van der Waals surface area contributed by atoms with Gasteiger partial charge in [-0.2, -0.15) is 0 Å². The SMILES string of the molecule is CCOc1ccc(/C=C(/NC(=O)c2ccccc2)C(=O)Nc2cccc(SC(C)C(=O)Nc3cccc(C)c3C)c2)cc1. The van der Waals surface area contributed by atoms with E-state index in [1.54, 1.807) is 42.5 Å². The molecule has 0 radical (unpaired) electrons. The molecule has 0 aliphatic heterocycles. The van der Waals surface area contributed by atoms with Gasteiger partial charge in [0, 0.05) is 21.8 Å². The van der Waals surface area contributed by atoms with Crippen LogP contribution >= 0.6 is 11.8 Å². The maximum absolute atomic E-state index is 13.5. The number of ether oxygens (including phenoxy) is 1. The molecule has 1 atom stereocenters. The molecule has 4 aromatic carbocycles. The Morgan fingerprint density at radius 2 is 1.58 bits per heavy atom. The van der Waals surface area contributed by atoms with E-state index in [1.807, 2.05) is 88.4 Å². The van der Waals surface area contributed by atoms with Crippen LogP contribution in [0, 0.1) is 13.8 Å². The standard InChI is InChI=1S/C35H35N3O4S/c1-5-42-29-19-17-26(18-20-29)21-32(38-34(40)27-12-7-6-8-13-27)35(41)36-28-14-10-15-30(22-28)43-25(4)33(39)37-31-16-9-11-23(2)24(31)3/h6-22,25H,5H2,1-4H3,(H,36,41)(H,37,39)(H,38,40)/b32-21+. The lowest BCUT2D eigenvalue weighted by Crippen LogP contribution is -2.30. The third-order valence-corrected chi connectivity index (χ3v) is 7.76. The highest BCUT2D eigenvalue weighted by Crippen LogP contribution is 2.28. The van der Waals surface area contributed by atoms with Gasteiger partial charge >= 0.3 is 0 Å². The minimum atomic E-state index is -0.485. The monoisotopic (exact) mass is 593 g/mol. The predicted molar refractivity (Wildman–Crippen MR) is 174 cm³/mol. The van der Waals surface area contributed by atoms with Gasteiger partial charge in [-0.1, -0.05) is 48.5 Å². The van der Waals surface area contributed by atoms with Gasteiger partial charge in [-0.3, -0.25) is 14.4 Å². The number of amides is 3. The topological polar surface area (TPSA) is 96.5 Å². The summed E-state index contributed by atoms with van der Waals surface area (Å²) in [6, 6.07) is 29.0. The van der Waals surface area contributed by atoms with Gasteiger partial charge in [0.15, 0.2) is 0 Å². The van der Waals surface area contributed by atoms with E-state index in [2.05, 4.69) is 16.0 Å². The van der Waals surface area contributed by atoms with Crippen LogP contribution in [0.5, 0.6) is 5.75 Å². The number of nitrogens with one attached hydrogen (secondary N) is 3. The van der Waals surface area contributed by atoms with Crippen molar-refractivity contribution in [3.05, 3.63) is 125 Å². The second kappa shape index (κ2) is 14.9. The van der Waals surface area contributed by atoms with E-state index < -0.39 is 11.8 Å². The summed E-state index contributed by atoms with van der Waals surface area (Å²) in [5.74, 6) is -0.287. The lowest BCUT2D eigenvalue weighted by atomic mass is 10.1. The summed E-state index contributed by atoms with van der Waals surface area (Å²) in [6.07, 6.45) is 1.62. The molecule has 0 aromatic heterocycles. The summed E-state index contributed by atoms with van der Waals surface area (Å²) in [5.41, 5.74) is 4.70. The van der Waals surface area contributed by atoms with Gasteiger partial charge in [-0.25, -0.2) is 0 Å². The van der Waals surface area contributed by atoms with Crippen LogP contribution in [0.4, 0.5) is 11.4 Å². The number of thioether (sulfide) groups is 1. The van der Waals surface area contributed by atoms with Crippen LogP contribution in [0.25, 0.3) is 6.08 Å². The first-order valence-electron chi connectivity index (χ1n) is 14.0. The molecule has 0 saturated heterocycles. The van der Waals surface area contributed by atoms with Crippen molar-refractivity contribution >= 4 is 46.9 Å². The van der Waals surface area contributed by atoms with Crippen molar-refractivity contribution in [2.24, 2.45) is 0 Å². The normalized spacial score (nSPS) is 11.8. The van der Waals surface area contributed by atoms with Crippen molar-refractivity contribution < 1.29 is 19.1 Å². The second-order valence-corrected chi connectivity index (χ2v) is 11.3. The lowest BCUT2D eigenvalue weighted by molar-refractivity contribution is -0.115. The Kier molecular flexibility index (Phi) is 10.8. The molecule has 4 rings (SSSR count). The van der Waals surface area contributed by atoms with E-state index in [4.69, 9.17) is 4.74 Å². The van der Waals surface area contributed by atoms with E-state index in [9.17, 15) is 14.4 Å². The van der Waals surface area contributed by atoms with Crippen LogP contribution < -0.4 is 20.7 Å². The number of rotatable bonds is 11. The first-order valence-corrected chi connectivity index (χ1v) is 14.9. The summed E-state index contributed by atoms with van der Waals surface area (Å²) in [7, 11) is 0. The third kappa shape index (κ3) is 8.83. The summed E-state index contributed by atoms with van der Waals surface area (Å²) < 4.78 is 5.51. The van der Waals surface area contributed by atoms with E-state index >= 15 is 0 Å². The van der Waals surface area contributed by atoms with Crippen LogP contribution in [0.2, 0.25) is 0 Å². The summed E-state index contributed by atoms with van der Waals surface area (Å²) >= 11 is 1.39. The summed E-state index contributed by atoms with van der Waals surface area (Å²) in [4.78, 5) is 40.2. The third-order valence-electron chi connectivity index (χ3n) is 6.67. The molecule has 0 bridgehead atoms. The molecule has 3 N–H and O–H groups in total. The molecular formula is C35H35N3O4S. The smallest absolute Gasteiger partial charge is 0.272 e. The maximum Gasteiger partial charge on any atom is 0.272 e. The number of anilines is 2. The molecule has 7 nitrogen and oxygen atoms in total. The van der Waals surface area contributed by atoms with Crippen LogP contribution in [0.3, 0.4) is 0 Å². The molecule has 1 unspecified atom stereocenters. The maximum atomic E-state index is 13.5. The van der Waals surface area contributed by atoms with E-state index in [0.29, 0.717) is 23.6 Å². The molecule has 0 spiro atoms. The van der Waals surface area contributed by atoms with Gasteiger partial charge in [-0.05, 0) is 99.0 Å². The fraction of sp³-hybridized carbons (Fsp3) is 0.171. The Bertz CT molecular complexity index is 1620. The summed E-state index contributed by atoms with van der Waals surface area (Å²) in [5, 5.41) is 8.27. The fourth-order valence-corrected chi connectivity index (χ4v) is 5.09. The average molecular weight is 594 g/mol. The molecular weight excluding hydrogens is 558 g/mol. The van der Waals surface area contributed by atoms with Crippen molar-refractivity contribution in [3.8, 4) is 5.75 Å². The average Bonchev–Trinajstić information content (AvgIpc) is 3.00. The predicted octanol–water partition coefficient (Wildman–Crippen LogP) is 7.23. The Balaban J connectivity index is 1.49. The van der Waals surface area contributed by atoms with Gasteiger partial charge in [-0.15, -0.1) is 11.8 Å². The number of benzene rings is 4. The van der Waals surface area contributed by atoms with Crippen molar-refractivity contribution in [1.82, 2.24) is 5.32 Å². The zero-order chi connectivity index (χ0) is 30.8. The van der Waals surface area contributed by atoms with Crippen LogP contribution in [-0.4, -0.2) is 29.6 Å².